The zero-order valence-electron chi connectivity index (χ0n) is 20.9. The Morgan fingerprint density at radius 1 is 0.526 bits per heavy atom. The van der Waals surface area contributed by atoms with Crippen molar-refractivity contribution in [2.45, 2.75) is 11.3 Å². The molecule has 0 radical (unpaired) electrons. The second-order valence-electron chi connectivity index (χ2n) is 10.3. The van der Waals surface area contributed by atoms with E-state index in [0.29, 0.717) is 0 Å². The van der Waals surface area contributed by atoms with Gasteiger partial charge in [0.2, 0.25) is 0 Å². The van der Waals surface area contributed by atoms with Crippen LogP contribution in [0, 0.1) is 11.8 Å². The van der Waals surface area contributed by atoms with E-state index in [2.05, 4.69) is 145 Å². The molecule has 0 nitrogen and oxygen atoms in total. The highest BCUT2D eigenvalue weighted by Crippen LogP contribution is 2.58. The zero-order chi connectivity index (χ0) is 25.1. The van der Waals surface area contributed by atoms with Crippen LogP contribution in [-0.2, 0) is 5.41 Å². The van der Waals surface area contributed by atoms with E-state index in [9.17, 15) is 0 Å². The Morgan fingerprint density at radius 3 is 1.71 bits per heavy atom. The standard InChI is InChI=1S/C38H24/c1-2-13-29-27(12-1)22-23-28-21-20-26(25-33(28)29)11-9-10-24-38-34-17-6-3-14-30(34)37(31-15-4-7-18-35(31)38)32-16-5-8-19-36(32)38/h1-9,11-23,25,37H/b11-9-. The first-order valence-corrected chi connectivity index (χ1v) is 13.2. The minimum atomic E-state index is -0.470. The highest BCUT2D eigenvalue weighted by atomic mass is 14.5. The van der Waals surface area contributed by atoms with Crippen molar-refractivity contribution in [1.82, 2.24) is 0 Å². The van der Waals surface area contributed by atoms with E-state index < -0.39 is 5.41 Å². The molecule has 0 aliphatic heterocycles. The van der Waals surface area contributed by atoms with Gasteiger partial charge in [-0.3, -0.25) is 0 Å². The Kier molecular flexibility index (Phi) is 4.51. The van der Waals surface area contributed by atoms with Crippen molar-refractivity contribution in [2.75, 3.05) is 0 Å². The molecule has 176 valence electrons. The topological polar surface area (TPSA) is 0 Å². The van der Waals surface area contributed by atoms with Crippen LogP contribution in [0.2, 0.25) is 0 Å². The van der Waals surface area contributed by atoms with Crippen molar-refractivity contribution in [3.8, 4) is 11.8 Å². The maximum absolute atomic E-state index is 3.79. The lowest BCUT2D eigenvalue weighted by Gasteiger charge is -2.48. The average molecular weight is 481 g/mol. The summed E-state index contributed by atoms with van der Waals surface area (Å²) in [6.45, 7) is 0. The minimum Gasteiger partial charge on any atom is -0.0771 e. The Hall–Kier alpha value is -4.86. The summed E-state index contributed by atoms with van der Waals surface area (Å²) in [5.74, 6) is 7.56. The third-order valence-corrected chi connectivity index (χ3v) is 8.42. The fraction of sp³-hybridized carbons (Fsp3) is 0.0526. The molecule has 0 N–H and O–H groups in total. The van der Waals surface area contributed by atoms with Gasteiger partial charge in [0.15, 0.2) is 0 Å². The number of hydrogen-bond acceptors (Lipinski definition) is 0. The quantitative estimate of drug-likeness (QED) is 0.163. The van der Waals surface area contributed by atoms with Crippen LogP contribution in [0.3, 0.4) is 0 Å². The average Bonchev–Trinajstić information content (AvgIpc) is 2.99. The Balaban J connectivity index is 1.29. The van der Waals surface area contributed by atoms with Crippen LogP contribution in [0.1, 0.15) is 44.9 Å². The normalized spacial score (nSPS) is 18.6. The van der Waals surface area contributed by atoms with Gasteiger partial charge in [-0.2, -0.15) is 0 Å². The molecule has 0 saturated heterocycles. The summed E-state index contributed by atoms with van der Waals surface area (Å²) in [6, 6.07) is 46.3. The van der Waals surface area contributed by atoms with E-state index in [0.717, 1.165) is 5.56 Å². The Labute approximate surface area is 222 Å². The largest absolute Gasteiger partial charge is 0.107 e. The van der Waals surface area contributed by atoms with Gasteiger partial charge >= 0.3 is 0 Å². The minimum absolute atomic E-state index is 0.269. The summed E-state index contributed by atoms with van der Waals surface area (Å²) in [5, 5.41) is 5.09. The highest BCUT2D eigenvalue weighted by Gasteiger charge is 2.50. The smallest absolute Gasteiger partial charge is 0.0771 e. The van der Waals surface area contributed by atoms with Gasteiger partial charge in [-0.15, -0.1) is 0 Å². The van der Waals surface area contributed by atoms with E-state index in [1.165, 1.54) is 54.9 Å². The number of allylic oxidation sites excluding steroid dienone is 1. The summed E-state index contributed by atoms with van der Waals surface area (Å²) in [4.78, 5) is 0. The van der Waals surface area contributed by atoms with Crippen LogP contribution in [0.15, 0.2) is 133 Å². The monoisotopic (exact) mass is 480 g/mol. The molecule has 0 amide bonds. The van der Waals surface area contributed by atoms with Crippen molar-refractivity contribution in [1.29, 1.82) is 0 Å². The van der Waals surface area contributed by atoms with Gasteiger partial charge < -0.3 is 0 Å². The van der Waals surface area contributed by atoms with E-state index >= 15 is 0 Å². The first kappa shape index (κ1) is 21.2. The molecule has 0 heteroatoms. The molecule has 0 atom stereocenters. The van der Waals surface area contributed by atoms with Gasteiger partial charge in [-0.1, -0.05) is 133 Å². The van der Waals surface area contributed by atoms with Gasteiger partial charge in [0.25, 0.3) is 0 Å². The molecular weight excluding hydrogens is 456 g/mol. The second kappa shape index (κ2) is 8.07. The lowest BCUT2D eigenvalue weighted by atomic mass is 9.53. The van der Waals surface area contributed by atoms with Crippen LogP contribution in [0.25, 0.3) is 27.6 Å². The van der Waals surface area contributed by atoms with E-state index in [4.69, 9.17) is 0 Å². The number of benzene rings is 6. The molecule has 0 spiro atoms. The molecule has 6 aromatic carbocycles. The maximum atomic E-state index is 3.79. The third-order valence-electron chi connectivity index (χ3n) is 8.42. The SMILES string of the molecule is C(#CC12c3ccccc3C(c3ccccc31)c1ccccc12)/C=C\c1ccc2ccc3ccccc3c2c1. The molecule has 0 unspecified atom stereocenters. The van der Waals surface area contributed by atoms with E-state index in [1.54, 1.807) is 0 Å². The number of fused-ring (bicyclic) bond motifs is 3. The molecule has 3 aliphatic rings. The van der Waals surface area contributed by atoms with Crippen molar-refractivity contribution >= 4 is 27.6 Å². The molecule has 0 fully saturated rings. The Morgan fingerprint density at radius 2 is 1.05 bits per heavy atom. The summed E-state index contributed by atoms with van der Waals surface area (Å²) >= 11 is 0. The molecule has 9 rings (SSSR count). The van der Waals surface area contributed by atoms with Crippen molar-refractivity contribution in [2.24, 2.45) is 0 Å². The van der Waals surface area contributed by atoms with Gasteiger partial charge in [0.1, 0.15) is 5.41 Å². The summed E-state index contributed by atoms with van der Waals surface area (Å²) < 4.78 is 0. The maximum Gasteiger partial charge on any atom is 0.107 e. The van der Waals surface area contributed by atoms with Gasteiger partial charge in [0.05, 0.1) is 0 Å². The molecule has 2 bridgehead atoms. The van der Waals surface area contributed by atoms with Gasteiger partial charge in [-0.25, -0.2) is 0 Å². The number of rotatable bonds is 1. The van der Waals surface area contributed by atoms with Crippen molar-refractivity contribution < 1.29 is 0 Å². The fourth-order valence-corrected chi connectivity index (χ4v) is 6.82. The fourth-order valence-electron chi connectivity index (χ4n) is 6.82. The molecule has 3 aliphatic carbocycles. The molecule has 38 heavy (non-hydrogen) atoms. The molecule has 0 saturated carbocycles. The van der Waals surface area contributed by atoms with Gasteiger partial charge in [0, 0.05) is 5.92 Å². The van der Waals surface area contributed by atoms with Crippen molar-refractivity contribution in [3.05, 3.63) is 172 Å². The van der Waals surface area contributed by atoms with Crippen LogP contribution in [-0.4, -0.2) is 0 Å². The molecule has 6 aromatic rings. The summed E-state index contributed by atoms with van der Waals surface area (Å²) in [6.07, 6.45) is 4.17. The van der Waals surface area contributed by atoms with Crippen LogP contribution in [0.4, 0.5) is 0 Å². The lowest BCUT2D eigenvalue weighted by Crippen LogP contribution is -2.41. The number of hydrogen-bond donors (Lipinski definition) is 0. The van der Waals surface area contributed by atoms with Crippen LogP contribution >= 0.6 is 0 Å². The Bertz CT molecular complexity index is 1880. The summed E-state index contributed by atoms with van der Waals surface area (Å²) in [5.41, 5.74) is 8.79. The molecular formula is C38H24. The zero-order valence-corrected chi connectivity index (χ0v) is 20.9. The van der Waals surface area contributed by atoms with Crippen molar-refractivity contribution in [3.63, 3.8) is 0 Å². The second-order valence-corrected chi connectivity index (χ2v) is 10.3. The van der Waals surface area contributed by atoms with E-state index in [1.807, 2.05) is 6.08 Å². The predicted molar refractivity (Wildman–Crippen MR) is 158 cm³/mol. The van der Waals surface area contributed by atoms with Crippen LogP contribution < -0.4 is 0 Å². The molecule has 0 heterocycles. The van der Waals surface area contributed by atoms with E-state index in [-0.39, 0.29) is 5.92 Å². The highest BCUT2D eigenvalue weighted by molar-refractivity contribution is 6.08. The first-order valence-electron chi connectivity index (χ1n) is 13.2. The van der Waals surface area contributed by atoms with Gasteiger partial charge in [-0.05, 0) is 78.7 Å². The summed E-state index contributed by atoms with van der Waals surface area (Å²) in [7, 11) is 0. The lowest BCUT2D eigenvalue weighted by molar-refractivity contribution is 0.666. The van der Waals surface area contributed by atoms with Crippen LogP contribution in [0.5, 0.6) is 0 Å². The molecule has 0 aromatic heterocycles. The predicted octanol–water partition coefficient (Wildman–Crippen LogP) is 8.85. The third kappa shape index (κ3) is 2.88. The first-order chi connectivity index (χ1) is 18.8.